The van der Waals surface area contributed by atoms with Crippen LogP contribution >= 0.6 is 15.9 Å². The number of nitrogens with one attached hydrogen (secondary N) is 1. The first-order chi connectivity index (χ1) is 17.3. The summed E-state index contributed by atoms with van der Waals surface area (Å²) in [7, 11) is 0. The van der Waals surface area contributed by atoms with Crippen LogP contribution in [-0.2, 0) is 16.0 Å². The molecule has 1 atom stereocenters. The number of aromatic amines is 1. The van der Waals surface area contributed by atoms with Crippen molar-refractivity contribution in [2.24, 2.45) is 0 Å². The highest BCUT2D eigenvalue weighted by Gasteiger charge is 2.45. The van der Waals surface area contributed by atoms with Crippen molar-refractivity contribution in [2.75, 3.05) is 6.54 Å². The van der Waals surface area contributed by atoms with E-state index in [9.17, 15) is 14.7 Å². The molecule has 1 fully saturated rings. The second-order valence-electron chi connectivity index (χ2n) is 9.43. The van der Waals surface area contributed by atoms with E-state index in [1.807, 2.05) is 54.7 Å². The molecule has 2 N–H and O–H groups in total. The molecule has 36 heavy (non-hydrogen) atoms. The first kappa shape index (κ1) is 24.1. The van der Waals surface area contributed by atoms with Gasteiger partial charge in [-0.1, -0.05) is 84.4 Å². The minimum Gasteiger partial charge on any atom is -0.507 e. The van der Waals surface area contributed by atoms with Crippen LogP contribution in [0.15, 0.2) is 89.0 Å². The average Bonchev–Trinajstić information content (AvgIpc) is 3.41. The van der Waals surface area contributed by atoms with Gasteiger partial charge in [-0.05, 0) is 47.2 Å². The standard InChI is InChI=1S/C30H27BrN2O3/c1-18(2)19-7-9-20(10-8-19)27-26(28(34)21-11-13-23(31)14-12-21)29(35)30(36)33(27)16-15-22-17-32-25-6-4-3-5-24(22)25/h3-14,17-18,27,32,34H,15-16H2,1-2H3/b28-26-. The number of hydrogen-bond acceptors (Lipinski definition) is 3. The number of aliphatic hydroxyl groups excluding tert-OH is 1. The largest absolute Gasteiger partial charge is 0.507 e. The number of likely N-dealkylation sites (tertiary alicyclic amines) is 1. The fourth-order valence-corrected chi connectivity index (χ4v) is 5.13. The molecular formula is C30H27BrN2O3. The van der Waals surface area contributed by atoms with Crippen LogP contribution in [0.25, 0.3) is 16.7 Å². The number of carbonyl (C=O) groups excluding carboxylic acids is 2. The lowest BCUT2D eigenvalue weighted by atomic mass is 9.93. The molecule has 5 nitrogen and oxygen atoms in total. The Hall–Kier alpha value is -3.64. The summed E-state index contributed by atoms with van der Waals surface area (Å²) in [4.78, 5) is 31.5. The van der Waals surface area contributed by atoms with Gasteiger partial charge < -0.3 is 15.0 Å². The third-order valence-electron chi connectivity index (χ3n) is 6.87. The molecule has 2 heterocycles. The third-order valence-corrected chi connectivity index (χ3v) is 7.40. The zero-order valence-electron chi connectivity index (χ0n) is 20.2. The van der Waals surface area contributed by atoms with Crippen LogP contribution in [0.4, 0.5) is 0 Å². The molecule has 1 aromatic heterocycles. The Morgan fingerprint density at radius 2 is 1.69 bits per heavy atom. The highest BCUT2D eigenvalue weighted by molar-refractivity contribution is 9.10. The molecule has 0 radical (unpaired) electrons. The van der Waals surface area contributed by atoms with Gasteiger partial charge in [0.05, 0.1) is 11.6 Å². The molecule has 6 heteroatoms. The molecule has 1 aliphatic rings. The number of hydrogen-bond donors (Lipinski definition) is 2. The number of nitrogens with zero attached hydrogens (tertiary/aromatic N) is 1. The lowest BCUT2D eigenvalue weighted by molar-refractivity contribution is -0.139. The number of halogens is 1. The number of aliphatic hydroxyl groups is 1. The van der Waals surface area contributed by atoms with Gasteiger partial charge in [0.2, 0.25) is 0 Å². The number of ketones is 1. The number of H-pyrrole nitrogens is 1. The fraction of sp³-hybridized carbons (Fsp3) is 0.200. The zero-order valence-corrected chi connectivity index (χ0v) is 21.7. The maximum absolute atomic E-state index is 13.3. The van der Waals surface area contributed by atoms with Crippen LogP contribution in [0.5, 0.6) is 0 Å². The maximum Gasteiger partial charge on any atom is 0.295 e. The van der Waals surface area contributed by atoms with Crippen molar-refractivity contribution < 1.29 is 14.7 Å². The maximum atomic E-state index is 13.3. The Morgan fingerprint density at radius 1 is 1.00 bits per heavy atom. The summed E-state index contributed by atoms with van der Waals surface area (Å²) in [5.41, 5.74) is 4.70. The van der Waals surface area contributed by atoms with Crippen molar-refractivity contribution in [3.8, 4) is 0 Å². The minimum absolute atomic E-state index is 0.124. The summed E-state index contributed by atoms with van der Waals surface area (Å²) in [5, 5.41) is 12.3. The second-order valence-corrected chi connectivity index (χ2v) is 10.3. The van der Waals surface area contributed by atoms with Gasteiger partial charge in [0.15, 0.2) is 0 Å². The lowest BCUT2D eigenvalue weighted by Crippen LogP contribution is -2.31. The number of aromatic nitrogens is 1. The monoisotopic (exact) mass is 542 g/mol. The summed E-state index contributed by atoms with van der Waals surface area (Å²) in [6, 6.07) is 22.4. The van der Waals surface area contributed by atoms with Crippen LogP contribution in [0.1, 0.15) is 48.1 Å². The van der Waals surface area contributed by atoms with Crippen LogP contribution < -0.4 is 0 Å². The number of rotatable bonds is 6. The van der Waals surface area contributed by atoms with E-state index in [-0.39, 0.29) is 11.3 Å². The number of fused-ring (bicyclic) bond motifs is 1. The first-order valence-electron chi connectivity index (χ1n) is 12.0. The highest BCUT2D eigenvalue weighted by atomic mass is 79.9. The van der Waals surface area contributed by atoms with Gasteiger partial charge in [0.25, 0.3) is 11.7 Å². The van der Waals surface area contributed by atoms with Crippen molar-refractivity contribution in [3.05, 3.63) is 111 Å². The Labute approximate surface area is 218 Å². The summed E-state index contributed by atoms with van der Waals surface area (Å²) in [6.07, 6.45) is 2.53. The molecule has 1 aliphatic heterocycles. The Balaban J connectivity index is 1.56. The zero-order chi connectivity index (χ0) is 25.4. The van der Waals surface area contributed by atoms with Gasteiger partial charge in [0, 0.05) is 33.7 Å². The number of carbonyl (C=O) groups is 2. The number of para-hydroxylation sites is 1. The van der Waals surface area contributed by atoms with Crippen molar-refractivity contribution in [1.82, 2.24) is 9.88 Å². The van der Waals surface area contributed by atoms with Gasteiger partial charge in [-0.15, -0.1) is 0 Å². The van der Waals surface area contributed by atoms with Crippen LogP contribution in [-0.4, -0.2) is 33.2 Å². The molecule has 5 rings (SSSR count). The van der Waals surface area contributed by atoms with E-state index in [4.69, 9.17) is 0 Å². The molecule has 1 unspecified atom stereocenters. The fourth-order valence-electron chi connectivity index (χ4n) is 4.86. The topological polar surface area (TPSA) is 73.4 Å². The number of Topliss-reactive ketones (excluding diaryl/α,β-unsaturated/α-hetero) is 1. The van der Waals surface area contributed by atoms with E-state index < -0.39 is 17.7 Å². The molecule has 1 saturated heterocycles. The molecule has 0 aliphatic carbocycles. The molecule has 3 aromatic carbocycles. The van der Waals surface area contributed by atoms with Gasteiger partial charge in [-0.3, -0.25) is 9.59 Å². The number of benzene rings is 3. The predicted octanol–water partition coefficient (Wildman–Crippen LogP) is 6.72. The van der Waals surface area contributed by atoms with Crippen molar-refractivity contribution in [1.29, 1.82) is 0 Å². The Kier molecular flexibility index (Phi) is 6.54. The van der Waals surface area contributed by atoms with Crippen molar-refractivity contribution >= 4 is 44.3 Å². The molecule has 1 amide bonds. The quantitative estimate of drug-likeness (QED) is 0.161. The van der Waals surface area contributed by atoms with E-state index in [2.05, 4.69) is 34.8 Å². The van der Waals surface area contributed by atoms with Gasteiger partial charge in [-0.2, -0.15) is 0 Å². The average molecular weight is 543 g/mol. The summed E-state index contributed by atoms with van der Waals surface area (Å²) in [6.45, 7) is 4.59. The SMILES string of the molecule is CC(C)c1ccc(C2/C(=C(/O)c3ccc(Br)cc3)C(=O)C(=O)N2CCc2c[nH]c3ccccc23)cc1. The van der Waals surface area contributed by atoms with Crippen LogP contribution in [0, 0.1) is 0 Å². The van der Waals surface area contributed by atoms with Crippen LogP contribution in [0.2, 0.25) is 0 Å². The molecule has 182 valence electrons. The second kappa shape index (κ2) is 9.78. The predicted molar refractivity (Wildman–Crippen MR) is 146 cm³/mol. The van der Waals surface area contributed by atoms with Gasteiger partial charge >= 0.3 is 0 Å². The molecule has 0 saturated carbocycles. The molecular weight excluding hydrogens is 516 g/mol. The lowest BCUT2D eigenvalue weighted by Gasteiger charge is -2.25. The van der Waals surface area contributed by atoms with Crippen molar-refractivity contribution in [3.63, 3.8) is 0 Å². The normalized spacial score (nSPS) is 17.4. The van der Waals surface area contributed by atoms with Gasteiger partial charge in [0.1, 0.15) is 5.76 Å². The molecule has 0 bridgehead atoms. The summed E-state index contributed by atoms with van der Waals surface area (Å²) >= 11 is 3.40. The smallest absolute Gasteiger partial charge is 0.295 e. The number of amides is 1. The van der Waals surface area contributed by atoms with E-state index in [1.165, 1.54) is 5.56 Å². The van der Waals surface area contributed by atoms with Gasteiger partial charge in [-0.25, -0.2) is 0 Å². The van der Waals surface area contributed by atoms with E-state index in [1.54, 1.807) is 29.2 Å². The third kappa shape index (κ3) is 4.37. The minimum atomic E-state index is -0.667. The Morgan fingerprint density at radius 3 is 2.39 bits per heavy atom. The van der Waals surface area contributed by atoms with Crippen molar-refractivity contribution in [2.45, 2.75) is 32.2 Å². The summed E-state index contributed by atoms with van der Waals surface area (Å²) in [5.74, 6) is -1.05. The Bertz CT molecular complexity index is 1470. The highest BCUT2D eigenvalue weighted by Crippen LogP contribution is 2.40. The van der Waals surface area contributed by atoms with E-state index >= 15 is 0 Å². The first-order valence-corrected chi connectivity index (χ1v) is 12.8. The van der Waals surface area contributed by atoms with Crippen LogP contribution in [0.3, 0.4) is 0 Å². The molecule has 4 aromatic rings. The summed E-state index contributed by atoms with van der Waals surface area (Å²) < 4.78 is 0.860. The van der Waals surface area contributed by atoms with E-state index in [0.29, 0.717) is 24.4 Å². The van der Waals surface area contributed by atoms with E-state index in [0.717, 1.165) is 26.5 Å². The molecule has 0 spiro atoms.